The minimum Gasteiger partial charge on any atom is -0.356 e. The first-order chi connectivity index (χ1) is 10.6. The number of hydrogen-bond acceptors (Lipinski definition) is 5. The topological polar surface area (TPSA) is 75.4 Å². The van der Waals surface area contributed by atoms with Crippen LogP contribution < -0.4 is 5.32 Å². The van der Waals surface area contributed by atoms with Crippen LogP contribution in [0.4, 0.5) is 0 Å². The predicted octanol–water partition coefficient (Wildman–Crippen LogP) is 1.91. The average molecular weight is 358 g/mol. The van der Waals surface area contributed by atoms with E-state index in [1.54, 1.807) is 10.4 Å². The van der Waals surface area contributed by atoms with Crippen LogP contribution in [0.5, 0.6) is 0 Å². The molecule has 2 aliphatic rings. The monoisotopic (exact) mass is 357 g/mol. The minimum atomic E-state index is -3.37. The van der Waals surface area contributed by atoms with Crippen molar-refractivity contribution in [2.75, 3.05) is 13.1 Å². The molecule has 0 saturated carbocycles. The van der Waals surface area contributed by atoms with Crippen LogP contribution in [0.25, 0.3) is 11.0 Å². The van der Waals surface area contributed by atoms with Gasteiger partial charge in [-0.3, -0.25) is 0 Å². The molecule has 0 aliphatic carbocycles. The van der Waals surface area contributed by atoms with E-state index >= 15 is 0 Å². The molecule has 2 bridgehead atoms. The van der Waals surface area contributed by atoms with Crippen molar-refractivity contribution < 1.29 is 12.9 Å². The molecule has 4 rings (SSSR count). The number of para-hydroxylation sites is 1. The third-order valence-corrected chi connectivity index (χ3v) is 6.41. The van der Waals surface area contributed by atoms with Crippen molar-refractivity contribution in [3.05, 3.63) is 30.0 Å². The Hall–Kier alpha value is -1.15. The summed E-state index contributed by atoms with van der Waals surface area (Å²) in [5.74, 6) is -0.0958. The first-order valence-corrected chi connectivity index (χ1v) is 9.30. The van der Waals surface area contributed by atoms with E-state index in [1.165, 1.54) is 0 Å². The van der Waals surface area contributed by atoms with Gasteiger partial charge in [0.2, 0.25) is 10.0 Å². The maximum atomic E-state index is 12.7. The molecule has 2 fully saturated rings. The summed E-state index contributed by atoms with van der Waals surface area (Å²) in [6.45, 7) is 1.15. The molecule has 6 nitrogen and oxygen atoms in total. The summed E-state index contributed by atoms with van der Waals surface area (Å²) in [6.07, 6.45) is 3.10. The van der Waals surface area contributed by atoms with Gasteiger partial charge in [-0.1, -0.05) is 17.3 Å². The number of nitrogens with zero attached hydrogens (tertiary/aromatic N) is 2. The van der Waals surface area contributed by atoms with Gasteiger partial charge in [0, 0.05) is 30.6 Å². The molecule has 2 saturated heterocycles. The fourth-order valence-electron chi connectivity index (χ4n) is 3.47. The van der Waals surface area contributed by atoms with Crippen molar-refractivity contribution >= 4 is 33.4 Å². The van der Waals surface area contributed by atoms with E-state index in [1.807, 2.05) is 18.2 Å². The third kappa shape index (κ3) is 3.24. The summed E-state index contributed by atoms with van der Waals surface area (Å²) in [5, 5.41) is 8.23. The molecule has 8 heteroatoms. The van der Waals surface area contributed by atoms with E-state index in [9.17, 15) is 8.42 Å². The van der Waals surface area contributed by atoms with Crippen molar-refractivity contribution in [2.24, 2.45) is 0 Å². The average Bonchev–Trinajstić information content (AvgIpc) is 3.02. The minimum absolute atomic E-state index is 0. The molecule has 2 aliphatic heterocycles. The van der Waals surface area contributed by atoms with Crippen LogP contribution in [0.1, 0.15) is 25.0 Å². The number of halogens is 1. The summed E-state index contributed by atoms with van der Waals surface area (Å²) in [6, 6.07) is 8.12. The van der Waals surface area contributed by atoms with Gasteiger partial charge in [-0.25, -0.2) is 8.42 Å². The van der Waals surface area contributed by atoms with Crippen molar-refractivity contribution in [1.29, 1.82) is 0 Å². The summed E-state index contributed by atoms with van der Waals surface area (Å²) in [4.78, 5) is 0. The number of benzene rings is 1. The van der Waals surface area contributed by atoms with E-state index in [-0.39, 0.29) is 24.2 Å². The summed E-state index contributed by atoms with van der Waals surface area (Å²) in [5.41, 5.74) is 1.13. The van der Waals surface area contributed by atoms with Crippen LogP contribution >= 0.6 is 12.4 Å². The molecule has 0 radical (unpaired) electrons. The highest BCUT2D eigenvalue weighted by molar-refractivity contribution is 7.88. The van der Waals surface area contributed by atoms with Crippen molar-refractivity contribution in [3.63, 3.8) is 0 Å². The van der Waals surface area contributed by atoms with E-state index in [2.05, 4.69) is 10.5 Å². The molecule has 2 atom stereocenters. The number of sulfonamides is 1. The molecule has 1 aromatic heterocycles. The molecule has 23 heavy (non-hydrogen) atoms. The van der Waals surface area contributed by atoms with Crippen LogP contribution in [-0.2, 0) is 15.8 Å². The van der Waals surface area contributed by atoms with Crippen molar-refractivity contribution in [1.82, 2.24) is 14.8 Å². The molecule has 0 spiro atoms. The van der Waals surface area contributed by atoms with Crippen molar-refractivity contribution in [3.8, 4) is 0 Å². The van der Waals surface area contributed by atoms with Gasteiger partial charge in [0.05, 0.1) is 0 Å². The van der Waals surface area contributed by atoms with Crippen LogP contribution in [0.2, 0.25) is 0 Å². The zero-order valence-electron chi connectivity index (χ0n) is 12.6. The Morgan fingerprint density at radius 3 is 2.87 bits per heavy atom. The highest BCUT2D eigenvalue weighted by Crippen LogP contribution is 2.25. The molecule has 0 amide bonds. The molecule has 1 N–H and O–H groups in total. The van der Waals surface area contributed by atoms with Gasteiger partial charge < -0.3 is 9.84 Å². The van der Waals surface area contributed by atoms with Crippen LogP contribution in [0.15, 0.2) is 28.8 Å². The SMILES string of the molecule is Cl.O=S(=O)(Cc1noc2ccccc12)N1CCC2CCC(C1)N2. The highest BCUT2D eigenvalue weighted by atomic mass is 35.5. The van der Waals surface area contributed by atoms with E-state index in [4.69, 9.17) is 4.52 Å². The van der Waals surface area contributed by atoms with Crippen LogP contribution in [-0.4, -0.2) is 43.1 Å². The number of nitrogens with one attached hydrogen (secondary N) is 1. The lowest BCUT2D eigenvalue weighted by molar-refractivity contribution is 0.381. The van der Waals surface area contributed by atoms with E-state index in [0.29, 0.717) is 30.4 Å². The van der Waals surface area contributed by atoms with Crippen LogP contribution in [0.3, 0.4) is 0 Å². The Kier molecular flexibility index (Phi) is 4.64. The lowest BCUT2D eigenvalue weighted by Gasteiger charge is -2.23. The van der Waals surface area contributed by atoms with Crippen LogP contribution in [0, 0.1) is 0 Å². The van der Waals surface area contributed by atoms with Gasteiger partial charge in [-0.05, 0) is 31.4 Å². The van der Waals surface area contributed by atoms with Gasteiger partial charge in [-0.15, -0.1) is 12.4 Å². The fraction of sp³-hybridized carbons (Fsp3) is 0.533. The smallest absolute Gasteiger partial charge is 0.220 e. The first-order valence-electron chi connectivity index (χ1n) is 7.69. The zero-order chi connectivity index (χ0) is 15.2. The maximum absolute atomic E-state index is 12.7. The molecule has 3 heterocycles. The largest absolute Gasteiger partial charge is 0.356 e. The lowest BCUT2D eigenvalue weighted by atomic mass is 10.1. The maximum Gasteiger partial charge on any atom is 0.220 e. The van der Waals surface area contributed by atoms with Gasteiger partial charge in [-0.2, -0.15) is 4.31 Å². The Morgan fingerprint density at radius 1 is 1.22 bits per heavy atom. The molecule has 2 aromatic rings. The standard InChI is InChI=1S/C15H19N3O3S.ClH/c19-22(20,18-8-7-11-5-6-12(9-18)16-11)10-14-13-3-1-2-4-15(13)21-17-14;/h1-4,11-12,16H,5-10H2;1H. The second-order valence-corrected chi connectivity index (χ2v) is 8.14. The lowest BCUT2D eigenvalue weighted by Crippen LogP contribution is -2.39. The van der Waals surface area contributed by atoms with E-state index in [0.717, 1.165) is 24.6 Å². The number of aromatic nitrogens is 1. The number of hydrogen-bond donors (Lipinski definition) is 1. The molecular weight excluding hydrogens is 338 g/mol. The molecule has 126 valence electrons. The number of fused-ring (bicyclic) bond motifs is 3. The van der Waals surface area contributed by atoms with Gasteiger partial charge in [0.15, 0.2) is 5.58 Å². The quantitative estimate of drug-likeness (QED) is 0.908. The fourth-order valence-corrected chi connectivity index (χ4v) is 5.00. The zero-order valence-corrected chi connectivity index (χ0v) is 14.3. The second-order valence-electron chi connectivity index (χ2n) is 6.17. The Balaban J connectivity index is 0.00000156. The van der Waals surface area contributed by atoms with Gasteiger partial charge in [0.25, 0.3) is 0 Å². The molecule has 1 aromatic carbocycles. The molecular formula is C15H20ClN3O3S. The molecule has 2 unspecified atom stereocenters. The highest BCUT2D eigenvalue weighted by Gasteiger charge is 2.34. The van der Waals surface area contributed by atoms with E-state index < -0.39 is 10.0 Å². The van der Waals surface area contributed by atoms with Gasteiger partial charge >= 0.3 is 0 Å². The summed E-state index contributed by atoms with van der Waals surface area (Å²) in [7, 11) is -3.37. The summed E-state index contributed by atoms with van der Waals surface area (Å²) >= 11 is 0. The number of rotatable bonds is 3. The van der Waals surface area contributed by atoms with Crippen molar-refractivity contribution in [2.45, 2.75) is 37.1 Å². The predicted molar refractivity (Wildman–Crippen MR) is 90.0 cm³/mol. The Labute approximate surface area is 141 Å². The second kappa shape index (κ2) is 6.39. The summed E-state index contributed by atoms with van der Waals surface area (Å²) < 4.78 is 32.3. The Bertz CT molecular complexity index is 792. The first kappa shape index (κ1) is 16.7. The Morgan fingerprint density at radius 2 is 2.00 bits per heavy atom. The third-order valence-electron chi connectivity index (χ3n) is 4.65. The normalized spacial score (nSPS) is 25.2. The van der Waals surface area contributed by atoms with Gasteiger partial charge in [0.1, 0.15) is 11.4 Å².